The van der Waals surface area contributed by atoms with Crippen molar-refractivity contribution in [2.24, 2.45) is 0 Å². The average molecular weight is 386 g/mol. The molecule has 0 unspecified atom stereocenters. The molecule has 128 valence electrons. The molecule has 21 heavy (non-hydrogen) atoms. The first-order chi connectivity index (χ1) is 9.21. The molecule has 0 saturated carbocycles. The van der Waals surface area contributed by atoms with Crippen molar-refractivity contribution in [2.45, 2.75) is 11.0 Å². The monoisotopic (exact) mass is 386 g/mol. The second-order valence-corrected chi connectivity index (χ2v) is 7.49. The molecule has 6 nitrogen and oxygen atoms in total. The van der Waals surface area contributed by atoms with Gasteiger partial charge in [-0.2, -0.15) is 54.9 Å². The summed E-state index contributed by atoms with van der Waals surface area (Å²) in [6.45, 7) is -1.75. The number of rotatable bonds is 8. The minimum Gasteiger partial charge on any atom is -0.262 e. The molecule has 0 rings (SSSR count). The molecule has 0 saturated heterocycles. The van der Waals surface area contributed by atoms with Crippen molar-refractivity contribution in [1.29, 1.82) is 0 Å². The van der Waals surface area contributed by atoms with Gasteiger partial charge in [-0.1, -0.05) is 0 Å². The van der Waals surface area contributed by atoms with Crippen molar-refractivity contribution in [2.75, 3.05) is 24.7 Å². The molecule has 0 radical (unpaired) electrons. The number of thioether (sulfide) groups is 1. The van der Waals surface area contributed by atoms with E-state index in [2.05, 4.69) is 8.37 Å². The van der Waals surface area contributed by atoms with Crippen LogP contribution >= 0.6 is 11.8 Å². The fraction of sp³-hybridized carbons (Fsp3) is 1.00. The van der Waals surface area contributed by atoms with E-state index in [0.717, 1.165) is 0 Å². The third-order valence-corrected chi connectivity index (χ3v) is 4.50. The Bertz CT molecular complexity index is 472. The van der Waals surface area contributed by atoms with Gasteiger partial charge in [-0.15, -0.1) is 0 Å². The Morgan fingerprint density at radius 2 is 1.00 bits per heavy atom. The largest absolute Gasteiger partial charge is 0.523 e. The molecule has 0 amide bonds. The SMILES string of the molecule is O=S(=O)(OCCSCCOS(=O)(=O)C(F)(F)F)C(F)(F)F. The lowest BCUT2D eigenvalue weighted by Crippen LogP contribution is -2.27. The lowest BCUT2D eigenvalue weighted by atomic mass is 10.9. The van der Waals surface area contributed by atoms with Gasteiger partial charge in [-0.3, -0.25) is 8.37 Å². The molecular formula is C6H8F6O6S3. The van der Waals surface area contributed by atoms with E-state index in [-0.39, 0.29) is 11.5 Å². The highest BCUT2D eigenvalue weighted by atomic mass is 32.2. The Balaban J connectivity index is 3.92. The summed E-state index contributed by atoms with van der Waals surface area (Å²) in [5, 5.41) is 0. The maximum atomic E-state index is 11.8. The first kappa shape index (κ1) is 20.8. The molecular weight excluding hydrogens is 378 g/mol. The zero-order chi connectivity index (χ0) is 16.9. The van der Waals surface area contributed by atoms with Crippen LogP contribution < -0.4 is 0 Å². The van der Waals surface area contributed by atoms with Gasteiger partial charge in [0, 0.05) is 11.5 Å². The highest BCUT2D eigenvalue weighted by Gasteiger charge is 2.47. The second-order valence-electron chi connectivity index (χ2n) is 3.06. The molecule has 0 N–H and O–H groups in total. The number of alkyl halides is 6. The third kappa shape index (κ3) is 7.03. The van der Waals surface area contributed by atoms with E-state index in [1.807, 2.05) is 0 Å². The summed E-state index contributed by atoms with van der Waals surface area (Å²) in [5.41, 5.74) is -11.1. The van der Waals surface area contributed by atoms with Crippen LogP contribution in [0.1, 0.15) is 0 Å². The van der Waals surface area contributed by atoms with Gasteiger partial charge in [0.15, 0.2) is 0 Å². The van der Waals surface area contributed by atoms with E-state index in [0.29, 0.717) is 11.8 Å². The van der Waals surface area contributed by atoms with Crippen molar-refractivity contribution >= 4 is 32.0 Å². The summed E-state index contributed by atoms with van der Waals surface area (Å²) < 4.78 is 120. The predicted octanol–water partition coefficient (Wildman–Crippen LogP) is 1.45. The van der Waals surface area contributed by atoms with Crippen LogP contribution in [0.5, 0.6) is 0 Å². The first-order valence-corrected chi connectivity index (χ1v) is 8.67. The second kappa shape index (κ2) is 7.34. The molecule has 0 aromatic rings. The van der Waals surface area contributed by atoms with E-state index in [9.17, 15) is 43.2 Å². The molecule has 0 aliphatic carbocycles. The van der Waals surface area contributed by atoms with Crippen molar-refractivity contribution in [1.82, 2.24) is 0 Å². The lowest BCUT2D eigenvalue weighted by Gasteiger charge is -2.09. The van der Waals surface area contributed by atoms with Crippen LogP contribution in [0.2, 0.25) is 0 Å². The van der Waals surface area contributed by atoms with Gasteiger partial charge in [-0.05, 0) is 0 Å². The van der Waals surface area contributed by atoms with E-state index < -0.39 is 44.5 Å². The lowest BCUT2D eigenvalue weighted by molar-refractivity contribution is -0.0542. The van der Waals surface area contributed by atoms with Gasteiger partial charge in [-0.25, -0.2) is 0 Å². The molecule has 0 aromatic carbocycles. The molecule has 0 fully saturated rings. The number of hydrogen-bond donors (Lipinski definition) is 0. The summed E-state index contributed by atoms with van der Waals surface area (Å²) in [6, 6.07) is 0. The van der Waals surface area contributed by atoms with Crippen LogP contribution in [0.15, 0.2) is 0 Å². The van der Waals surface area contributed by atoms with Gasteiger partial charge in [0.1, 0.15) is 0 Å². The summed E-state index contributed by atoms with van der Waals surface area (Å²) in [4.78, 5) is 0. The van der Waals surface area contributed by atoms with Gasteiger partial charge >= 0.3 is 31.3 Å². The molecule has 0 spiro atoms. The first-order valence-electron chi connectivity index (χ1n) is 4.70. The fourth-order valence-corrected chi connectivity index (χ4v) is 2.33. The van der Waals surface area contributed by atoms with E-state index >= 15 is 0 Å². The Morgan fingerprint density at radius 1 is 0.714 bits per heavy atom. The predicted molar refractivity (Wildman–Crippen MR) is 59.2 cm³/mol. The highest BCUT2D eigenvalue weighted by molar-refractivity contribution is 7.99. The quantitative estimate of drug-likeness (QED) is 0.270. The van der Waals surface area contributed by atoms with Crippen molar-refractivity contribution < 1.29 is 51.5 Å². The number of halogens is 6. The normalized spacial score (nSPS) is 14.4. The molecule has 0 aliphatic rings. The van der Waals surface area contributed by atoms with Crippen LogP contribution in [0.4, 0.5) is 26.3 Å². The van der Waals surface area contributed by atoms with Crippen LogP contribution in [0.3, 0.4) is 0 Å². The van der Waals surface area contributed by atoms with Gasteiger partial charge in [0.05, 0.1) is 13.2 Å². The minimum absolute atomic E-state index is 0.329. The summed E-state index contributed by atoms with van der Waals surface area (Å²) in [5.74, 6) is -0.657. The van der Waals surface area contributed by atoms with E-state index in [1.54, 1.807) is 0 Å². The van der Waals surface area contributed by atoms with Gasteiger partial charge < -0.3 is 0 Å². The Hall–Kier alpha value is -0.250. The molecule has 0 heterocycles. The van der Waals surface area contributed by atoms with Crippen LogP contribution in [0, 0.1) is 0 Å². The fourth-order valence-electron chi connectivity index (χ4n) is 0.641. The minimum atomic E-state index is -5.72. The van der Waals surface area contributed by atoms with Crippen molar-refractivity contribution in [3.05, 3.63) is 0 Å². The Labute approximate surface area is 120 Å². The molecule has 0 atom stereocenters. The molecule has 0 aromatic heterocycles. The Morgan fingerprint density at radius 3 is 1.24 bits per heavy atom. The smallest absolute Gasteiger partial charge is 0.262 e. The van der Waals surface area contributed by atoms with E-state index in [1.165, 1.54) is 0 Å². The zero-order valence-electron chi connectivity index (χ0n) is 9.77. The van der Waals surface area contributed by atoms with Gasteiger partial charge in [0.25, 0.3) is 0 Å². The molecule has 15 heteroatoms. The van der Waals surface area contributed by atoms with E-state index in [4.69, 9.17) is 0 Å². The van der Waals surface area contributed by atoms with Crippen molar-refractivity contribution in [3.63, 3.8) is 0 Å². The Kier molecular flexibility index (Phi) is 7.26. The molecule has 0 bridgehead atoms. The molecule has 0 aliphatic heterocycles. The average Bonchev–Trinajstić information content (AvgIpc) is 2.24. The van der Waals surface area contributed by atoms with Gasteiger partial charge in [0.2, 0.25) is 0 Å². The topological polar surface area (TPSA) is 86.7 Å². The van der Waals surface area contributed by atoms with Crippen LogP contribution in [0.25, 0.3) is 0 Å². The van der Waals surface area contributed by atoms with Crippen molar-refractivity contribution in [3.8, 4) is 0 Å². The maximum absolute atomic E-state index is 11.8. The zero-order valence-corrected chi connectivity index (χ0v) is 12.2. The number of hydrogen-bond acceptors (Lipinski definition) is 7. The summed E-state index contributed by atoms with van der Waals surface area (Å²) in [6.07, 6.45) is 0. The van der Waals surface area contributed by atoms with Crippen LogP contribution in [-0.4, -0.2) is 52.6 Å². The highest BCUT2D eigenvalue weighted by Crippen LogP contribution is 2.25. The standard InChI is InChI=1S/C6H8F6O6S3/c7-5(8,9)20(13,14)17-1-3-19-4-2-18-21(15,16)6(10,11)12/h1-4H2. The third-order valence-electron chi connectivity index (χ3n) is 1.50. The summed E-state index contributed by atoms with van der Waals surface area (Å²) >= 11 is 0.642. The maximum Gasteiger partial charge on any atom is 0.523 e. The van der Waals surface area contributed by atoms with Crippen LogP contribution in [-0.2, 0) is 28.6 Å². The summed E-state index contributed by atoms with van der Waals surface area (Å²) in [7, 11) is -11.4.